The summed E-state index contributed by atoms with van der Waals surface area (Å²) in [6.07, 6.45) is -3.18. The molecule has 0 saturated carbocycles. The molecular weight excluding hydrogens is 555 g/mol. The maximum absolute atomic E-state index is 13.0. The fraction of sp³-hybridized carbons (Fsp3) is 0.360. The van der Waals surface area contributed by atoms with Crippen LogP contribution in [0.25, 0.3) is 0 Å². The number of halogens is 3. The van der Waals surface area contributed by atoms with Gasteiger partial charge in [-0.05, 0) is 57.9 Å². The number of aromatic nitrogens is 3. The lowest BCUT2D eigenvalue weighted by Crippen LogP contribution is -2.25. The number of benzene rings is 1. The molecule has 40 heavy (non-hydrogen) atoms. The van der Waals surface area contributed by atoms with Gasteiger partial charge in [0.1, 0.15) is 0 Å². The molecule has 0 aliphatic carbocycles. The molecule has 3 rings (SSSR count). The number of nitrogens with zero attached hydrogens (tertiary/aromatic N) is 4. The van der Waals surface area contributed by atoms with Gasteiger partial charge < -0.3 is 15.1 Å². The molecule has 3 N–H and O–H groups in total. The minimum absolute atomic E-state index is 0.0839. The van der Waals surface area contributed by atoms with E-state index in [1.165, 1.54) is 24.4 Å². The second-order valence-corrected chi connectivity index (χ2v) is 10.4. The van der Waals surface area contributed by atoms with Crippen molar-refractivity contribution in [2.24, 2.45) is 0 Å². The molecule has 0 aliphatic rings. The summed E-state index contributed by atoms with van der Waals surface area (Å²) in [5.41, 5.74) is 4.11. The third kappa shape index (κ3) is 8.18. The summed E-state index contributed by atoms with van der Waals surface area (Å²) in [5.74, 6) is -3.60. The second-order valence-electron chi connectivity index (χ2n) is 8.76. The molecule has 0 aliphatic heterocycles. The number of alkyl halides is 3. The van der Waals surface area contributed by atoms with E-state index in [0.29, 0.717) is 18.8 Å². The van der Waals surface area contributed by atoms with Gasteiger partial charge in [-0.3, -0.25) is 9.40 Å². The van der Waals surface area contributed by atoms with E-state index in [2.05, 4.69) is 14.8 Å². The van der Waals surface area contributed by atoms with Crippen LogP contribution in [-0.4, -0.2) is 65.1 Å². The number of nitrogens with one attached hydrogen (secondary N) is 1. The van der Waals surface area contributed by atoms with Crippen molar-refractivity contribution in [2.45, 2.75) is 51.7 Å². The average Bonchev–Trinajstić information content (AvgIpc) is 3.14. The lowest BCUT2D eigenvalue weighted by molar-refractivity contribution is -0.192. The van der Waals surface area contributed by atoms with Crippen LogP contribution in [0.15, 0.2) is 41.4 Å². The van der Waals surface area contributed by atoms with Crippen molar-refractivity contribution >= 4 is 33.5 Å². The summed E-state index contributed by atoms with van der Waals surface area (Å²) in [7, 11) is -2.14. The number of sulfonamides is 1. The lowest BCUT2D eigenvalue weighted by atomic mass is 10.1. The summed E-state index contributed by atoms with van der Waals surface area (Å²) < 4.78 is 62.1. The quantitative estimate of drug-likeness (QED) is 0.338. The number of aliphatic carboxylic acids is 1. The Labute approximate surface area is 229 Å². The molecule has 0 radical (unpaired) electrons. The number of anilines is 2. The van der Waals surface area contributed by atoms with Gasteiger partial charge in [0, 0.05) is 32.0 Å². The number of likely N-dealkylation sites (N-methyl/N-ethyl adjacent to an activating group) is 1. The van der Waals surface area contributed by atoms with Gasteiger partial charge in [0.2, 0.25) is 0 Å². The Morgan fingerprint density at radius 3 is 2.15 bits per heavy atom. The van der Waals surface area contributed by atoms with E-state index >= 15 is 0 Å². The molecule has 0 saturated heterocycles. The van der Waals surface area contributed by atoms with Crippen molar-refractivity contribution < 1.29 is 41.4 Å². The van der Waals surface area contributed by atoms with Crippen LogP contribution < -0.4 is 9.62 Å². The number of hydrogen-bond donors (Lipinski definition) is 3. The normalized spacial score (nSPS) is 11.4. The Kier molecular flexibility index (Phi) is 10.3. The number of carbonyl (C=O) groups is 2. The minimum atomic E-state index is -5.08. The molecule has 11 nitrogen and oxygen atoms in total. The highest BCUT2D eigenvalue weighted by molar-refractivity contribution is 7.92. The number of aryl methyl sites for hydroxylation is 3. The van der Waals surface area contributed by atoms with Crippen molar-refractivity contribution in [3.05, 3.63) is 64.6 Å². The molecular formula is C25H30F3N5O6S. The van der Waals surface area contributed by atoms with E-state index in [1.807, 2.05) is 32.4 Å². The molecule has 218 valence electrons. The first kappa shape index (κ1) is 32.1. The van der Waals surface area contributed by atoms with Crippen LogP contribution in [0, 0.1) is 20.8 Å². The first-order chi connectivity index (χ1) is 18.5. The van der Waals surface area contributed by atoms with Crippen LogP contribution in [0.3, 0.4) is 0 Å². The molecule has 2 heterocycles. The molecule has 0 amide bonds. The van der Waals surface area contributed by atoms with E-state index in [0.717, 1.165) is 29.1 Å². The Balaban J connectivity index is 0.000000708. The SMILES string of the molecule is CCn1nc(C)c(CCN(C)c2ncc(C(=O)O)cc2NS(=O)(=O)c2ccc(C)cc2)c1C.O=C(O)C(F)(F)F. The van der Waals surface area contributed by atoms with E-state index in [-0.39, 0.29) is 16.1 Å². The summed E-state index contributed by atoms with van der Waals surface area (Å²) in [6.45, 7) is 9.22. The number of carboxylic acid groups (broad SMARTS) is 2. The third-order valence-electron chi connectivity index (χ3n) is 5.82. The largest absolute Gasteiger partial charge is 0.490 e. The fourth-order valence-electron chi connectivity index (χ4n) is 3.66. The van der Waals surface area contributed by atoms with Gasteiger partial charge in [0.05, 0.1) is 21.8 Å². The van der Waals surface area contributed by atoms with Gasteiger partial charge in [0.15, 0.2) is 5.82 Å². The van der Waals surface area contributed by atoms with Crippen molar-refractivity contribution in [3.63, 3.8) is 0 Å². The number of rotatable bonds is 9. The number of carboxylic acids is 2. The highest BCUT2D eigenvalue weighted by atomic mass is 32.2. The zero-order valence-corrected chi connectivity index (χ0v) is 23.3. The highest BCUT2D eigenvalue weighted by Crippen LogP contribution is 2.27. The van der Waals surface area contributed by atoms with Crippen LogP contribution in [-0.2, 0) is 27.8 Å². The zero-order valence-electron chi connectivity index (χ0n) is 22.4. The second kappa shape index (κ2) is 12.8. The van der Waals surface area contributed by atoms with Crippen LogP contribution in [0.2, 0.25) is 0 Å². The Bertz CT molecular complexity index is 1470. The van der Waals surface area contributed by atoms with E-state index in [9.17, 15) is 31.5 Å². The Hall–Kier alpha value is -4.14. The van der Waals surface area contributed by atoms with Gasteiger partial charge in [-0.25, -0.2) is 23.0 Å². The molecule has 0 spiro atoms. The van der Waals surface area contributed by atoms with Gasteiger partial charge in [-0.2, -0.15) is 18.3 Å². The topological polar surface area (TPSA) is 155 Å². The third-order valence-corrected chi connectivity index (χ3v) is 7.20. The first-order valence-electron chi connectivity index (χ1n) is 11.8. The summed E-state index contributed by atoms with van der Waals surface area (Å²) in [4.78, 5) is 26.5. The summed E-state index contributed by atoms with van der Waals surface area (Å²) >= 11 is 0. The molecule has 0 atom stereocenters. The summed E-state index contributed by atoms with van der Waals surface area (Å²) in [5, 5.41) is 21.1. The first-order valence-corrected chi connectivity index (χ1v) is 13.3. The van der Waals surface area contributed by atoms with Crippen molar-refractivity contribution in [2.75, 3.05) is 23.2 Å². The molecule has 3 aromatic rings. The summed E-state index contributed by atoms with van der Waals surface area (Å²) in [6, 6.07) is 7.71. The van der Waals surface area contributed by atoms with Crippen molar-refractivity contribution in [1.82, 2.24) is 14.8 Å². The van der Waals surface area contributed by atoms with E-state index in [1.54, 1.807) is 24.1 Å². The lowest BCUT2D eigenvalue weighted by Gasteiger charge is -2.22. The molecule has 0 unspecified atom stereocenters. The van der Waals surface area contributed by atoms with Crippen LogP contribution >= 0.6 is 0 Å². The van der Waals surface area contributed by atoms with Gasteiger partial charge in [-0.15, -0.1) is 0 Å². The van der Waals surface area contributed by atoms with Gasteiger partial charge in [0.25, 0.3) is 10.0 Å². The van der Waals surface area contributed by atoms with Crippen LogP contribution in [0.5, 0.6) is 0 Å². The standard InChI is InChI=1S/C23H29N5O4S.C2HF3O2/c1-6-28-17(4)20(16(3)25-28)11-12-27(5)22-21(13-18(14-24-22)23(29)30)26-33(31,32)19-9-7-15(2)8-10-19;3-2(4,5)1(6)7/h7-10,13-14,26H,6,11-12H2,1-5H3,(H,29,30);(H,6,7). The average molecular weight is 586 g/mol. The van der Waals surface area contributed by atoms with Gasteiger partial charge in [-0.1, -0.05) is 17.7 Å². The smallest absolute Gasteiger partial charge is 0.478 e. The monoisotopic (exact) mass is 585 g/mol. The van der Waals surface area contributed by atoms with Crippen LogP contribution in [0.1, 0.15) is 39.8 Å². The number of aromatic carboxylic acids is 1. The Morgan fingerprint density at radius 2 is 1.68 bits per heavy atom. The van der Waals surface area contributed by atoms with Crippen molar-refractivity contribution in [3.8, 4) is 0 Å². The predicted molar refractivity (Wildman–Crippen MR) is 141 cm³/mol. The number of hydrogen-bond acceptors (Lipinski definition) is 7. The molecule has 15 heteroatoms. The maximum Gasteiger partial charge on any atom is 0.490 e. The van der Waals surface area contributed by atoms with E-state index < -0.39 is 28.1 Å². The zero-order chi connectivity index (χ0) is 30.4. The highest BCUT2D eigenvalue weighted by Gasteiger charge is 2.38. The Morgan fingerprint density at radius 1 is 1.10 bits per heavy atom. The van der Waals surface area contributed by atoms with Crippen LogP contribution in [0.4, 0.5) is 24.7 Å². The molecule has 1 aromatic carbocycles. The maximum atomic E-state index is 13.0. The van der Waals surface area contributed by atoms with E-state index in [4.69, 9.17) is 9.90 Å². The minimum Gasteiger partial charge on any atom is -0.478 e. The molecule has 2 aromatic heterocycles. The van der Waals surface area contributed by atoms with Crippen molar-refractivity contribution in [1.29, 1.82) is 0 Å². The fourth-order valence-corrected chi connectivity index (χ4v) is 4.72. The predicted octanol–water partition coefficient (Wildman–Crippen LogP) is 4.03. The molecule has 0 fully saturated rings. The van der Waals surface area contributed by atoms with Gasteiger partial charge >= 0.3 is 18.1 Å². The number of pyridine rings is 1. The molecule has 0 bridgehead atoms.